The van der Waals surface area contributed by atoms with Crippen LogP contribution in [0.5, 0.6) is 0 Å². The maximum atomic E-state index is 12.2. The number of hydrogen-bond acceptors (Lipinski definition) is 5. The van der Waals surface area contributed by atoms with Crippen molar-refractivity contribution in [3.8, 4) is 0 Å². The summed E-state index contributed by atoms with van der Waals surface area (Å²) in [5, 5.41) is 3.07. The topological polar surface area (TPSA) is 80.6 Å². The van der Waals surface area contributed by atoms with E-state index in [0.29, 0.717) is 18.9 Å². The van der Waals surface area contributed by atoms with Crippen molar-refractivity contribution in [2.45, 2.75) is 38.3 Å². The van der Waals surface area contributed by atoms with Crippen LogP contribution in [0.25, 0.3) is 0 Å². The molecule has 116 valence electrons. The first-order valence-corrected chi connectivity index (χ1v) is 8.78. The van der Waals surface area contributed by atoms with Crippen molar-refractivity contribution in [3.05, 3.63) is 16.5 Å². The molecule has 20 heavy (non-hydrogen) atoms. The minimum absolute atomic E-state index is 0.106. The maximum Gasteiger partial charge on any atom is 0.245 e. The number of rotatable bonds is 9. The molecule has 0 aromatic carbocycles. The Balaban J connectivity index is 2.74. The number of halogens is 1. The van der Waals surface area contributed by atoms with Crippen LogP contribution in [0, 0.1) is 0 Å². The van der Waals surface area contributed by atoms with Crippen molar-refractivity contribution in [1.82, 2.24) is 10.0 Å². The Morgan fingerprint density at radius 1 is 1.45 bits per heavy atom. The molecule has 0 aliphatic rings. The monoisotopic (exact) mass is 368 g/mol. The standard InChI is InChI=1S/C12H21BrN2O4S/c1-4-14-8-10-6-11(12(13)19-10)20(16,17)15-7-9(3)18-5-2/h6,9,14-15H,4-5,7-8H2,1-3H3. The number of hydrogen-bond donors (Lipinski definition) is 2. The fourth-order valence-electron chi connectivity index (χ4n) is 1.56. The third-order valence-corrected chi connectivity index (χ3v) is 4.84. The van der Waals surface area contributed by atoms with E-state index >= 15 is 0 Å². The highest BCUT2D eigenvalue weighted by Crippen LogP contribution is 2.26. The Morgan fingerprint density at radius 3 is 2.75 bits per heavy atom. The molecule has 1 atom stereocenters. The third kappa shape index (κ3) is 5.17. The third-order valence-electron chi connectivity index (χ3n) is 2.56. The number of nitrogens with one attached hydrogen (secondary N) is 2. The summed E-state index contributed by atoms with van der Waals surface area (Å²) in [4.78, 5) is 0.106. The van der Waals surface area contributed by atoms with Crippen LogP contribution >= 0.6 is 15.9 Å². The molecule has 0 bridgehead atoms. The van der Waals surface area contributed by atoms with Crippen molar-refractivity contribution in [1.29, 1.82) is 0 Å². The van der Waals surface area contributed by atoms with Crippen LogP contribution in [0.1, 0.15) is 26.5 Å². The van der Waals surface area contributed by atoms with Gasteiger partial charge in [0.15, 0.2) is 4.67 Å². The summed E-state index contributed by atoms with van der Waals surface area (Å²) < 4.78 is 37.7. The van der Waals surface area contributed by atoms with Gasteiger partial charge in [0.25, 0.3) is 0 Å². The first kappa shape index (κ1) is 17.6. The fourth-order valence-corrected chi connectivity index (χ4v) is 3.68. The highest BCUT2D eigenvalue weighted by atomic mass is 79.9. The molecule has 1 heterocycles. The van der Waals surface area contributed by atoms with Crippen molar-refractivity contribution >= 4 is 26.0 Å². The smallest absolute Gasteiger partial charge is 0.245 e. The van der Waals surface area contributed by atoms with Gasteiger partial charge < -0.3 is 14.5 Å². The SMILES string of the molecule is CCNCc1cc(S(=O)(=O)NCC(C)OCC)c(Br)o1. The van der Waals surface area contributed by atoms with Gasteiger partial charge in [0, 0.05) is 19.2 Å². The molecule has 1 aromatic heterocycles. The Morgan fingerprint density at radius 2 is 2.15 bits per heavy atom. The molecule has 0 aliphatic heterocycles. The summed E-state index contributed by atoms with van der Waals surface area (Å²) in [6.45, 7) is 7.68. The van der Waals surface area contributed by atoms with Crippen LogP contribution < -0.4 is 10.0 Å². The molecular weight excluding hydrogens is 348 g/mol. The van der Waals surface area contributed by atoms with E-state index in [0.717, 1.165) is 6.54 Å². The maximum absolute atomic E-state index is 12.2. The number of sulfonamides is 1. The minimum Gasteiger partial charge on any atom is -0.452 e. The highest BCUT2D eigenvalue weighted by Gasteiger charge is 2.22. The first-order valence-electron chi connectivity index (χ1n) is 6.50. The van der Waals surface area contributed by atoms with Crippen LogP contribution in [0.15, 0.2) is 20.0 Å². The van der Waals surface area contributed by atoms with Gasteiger partial charge in [-0.25, -0.2) is 13.1 Å². The summed E-state index contributed by atoms with van der Waals surface area (Å²) in [7, 11) is -3.61. The lowest BCUT2D eigenvalue weighted by Gasteiger charge is -2.12. The van der Waals surface area contributed by atoms with Gasteiger partial charge in [-0.15, -0.1) is 0 Å². The summed E-state index contributed by atoms with van der Waals surface area (Å²) in [5.41, 5.74) is 0. The summed E-state index contributed by atoms with van der Waals surface area (Å²) in [6.07, 6.45) is -0.179. The van der Waals surface area contributed by atoms with Crippen molar-refractivity contribution < 1.29 is 17.6 Å². The number of ether oxygens (including phenoxy) is 1. The van der Waals surface area contributed by atoms with Crippen LogP contribution in [0.4, 0.5) is 0 Å². The number of furan rings is 1. The quantitative estimate of drug-likeness (QED) is 0.695. The average Bonchev–Trinajstić information content (AvgIpc) is 2.76. The second-order valence-electron chi connectivity index (χ2n) is 4.25. The molecule has 1 rings (SSSR count). The van der Waals surface area contributed by atoms with E-state index in [-0.39, 0.29) is 22.2 Å². The summed E-state index contributed by atoms with van der Waals surface area (Å²) in [5.74, 6) is 0.567. The van der Waals surface area contributed by atoms with Gasteiger partial charge >= 0.3 is 0 Å². The zero-order valence-corrected chi connectivity index (χ0v) is 14.3. The molecule has 0 spiro atoms. The van der Waals surface area contributed by atoms with E-state index in [9.17, 15) is 8.42 Å². The molecule has 0 aliphatic carbocycles. The summed E-state index contributed by atoms with van der Waals surface area (Å²) in [6, 6.07) is 1.51. The lowest BCUT2D eigenvalue weighted by atomic mass is 10.4. The zero-order valence-electron chi connectivity index (χ0n) is 11.9. The average molecular weight is 369 g/mol. The van der Waals surface area contributed by atoms with Gasteiger partial charge in [-0.05, 0) is 36.3 Å². The molecule has 0 saturated heterocycles. The molecule has 6 nitrogen and oxygen atoms in total. The van der Waals surface area contributed by atoms with E-state index in [1.165, 1.54) is 6.07 Å². The van der Waals surface area contributed by atoms with Gasteiger partial charge in [-0.3, -0.25) is 0 Å². The van der Waals surface area contributed by atoms with E-state index in [1.54, 1.807) is 0 Å². The predicted molar refractivity (Wildman–Crippen MR) is 80.1 cm³/mol. The van der Waals surface area contributed by atoms with E-state index in [1.807, 2.05) is 20.8 Å². The Bertz CT molecular complexity index is 516. The first-order chi connectivity index (χ1) is 9.40. The van der Waals surface area contributed by atoms with Gasteiger partial charge in [0.1, 0.15) is 10.7 Å². The van der Waals surface area contributed by atoms with E-state index < -0.39 is 10.0 Å². The Hall–Kier alpha value is -0.410. The molecule has 1 aromatic rings. The van der Waals surface area contributed by atoms with Gasteiger partial charge in [0.2, 0.25) is 10.0 Å². The zero-order chi connectivity index (χ0) is 15.2. The predicted octanol–water partition coefficient (Wildman–Crippen LogP) is 1.85. The van der Waals surface area contributed by atoms with Gasteiger partial charge in [-0.1, -0.05) is 6.92 Å². The minimum atomic E-state index is -3.61. The van der Waals surface area contributed by atoms with E-state index in [2.05, 4.69) is 26.0 Å². The van der Waals surface area contributed by atoms with Crippen LogP contribution in [-0.4, -0.2) is 34.2 Å². The van der Waals surface area contributed by atoms with E-state index in [4.69, 9.17) is 9.15 Å². The second-order valence-corrected chi connectivity index (χ2v) is 6.70. The lowest BCUT2D eigenvalue weighted by Crippen LogP contribution is -2.32. The fraction of sp³-hybridized carbons (Fsp3) is 0.667. The molecule has 0 amide bonds. The Labute approximate surface area is 128 Å². The van der Waals surface area contributed by atoms with Crippen LogP contribution in [-0.2, 0) is 21.3 Å². The molecule has 0 radical (unpaired) electrons. The van der Waals surface area contributed by atoms with Crippen molar-refractivity contribution in [2.24, 2.45) is 0 Å². The van der Waals surface area contributed by atoms with Crippen LogP contribution in [0.3, 0.4) is 0 Å². The van der Waals surface area contributed by atoms with Crippen molar-refractivity contribution in [2.75, 3.05) is 19.7 Å². The second kappa shape index (κ2) is 8.14. The molecule has 0 saturated carbocycles. The molecule has 8 heteroatoms. The lowest BCUT2D eigenvalue weighted by molar-refractivity contribution is 0.0799. The van der Waals surface area contributed by atoms with Crippen molar-refractivity contribution in [3.63, 3.8) is 0 Å². The Kier molecular flexibility index (Phi) is 7.18. The molecule has 1 unspecified atom stereocenters. The summed E-state index contributed by atoms with van der Waals surface area (Å²) >= 11 is 3.14. The van der Waals surface area contributed by atoms with Crippen LogP contribution in [0.2, 0.25) is 0 Å². The van der Waals surface area contributed by atoms with Gasteiger partial charge in [0.05, 0.1) is 12.6 Å². The largest absolute Gasteiger partial charge is 0.452 e. The molecule has 2 N–H and O–H groups in total. The molecular formula is C12H21BrN2O4S. The highest BCUT2D eigenvalue weighted by molar-refractivity contribution is 9.10. The normalized spacial score (nSPS) is 13.6. The molecule has 0 fully saturated rings. The van der Waals surface area contributed by atoms with Gasteiger partial charge in [-0.2, -0.15) is 0 Å².